The third-order valence-corrected chi connectivity index (χ3v) is 6.96. The molecule has 5 N–H and O–H groups in total. The number of anilines is 2. The fourth-order valence-corrected chi connectivity index (χ4v) is 4.53. The average molecular weight is 587 g/mol. The van der Waals surface area contributed by atoms with Gasteiger partial charge in [-0.25, -0.2) is 8.42 Å². The van der Waals surface area contributed by atoms with Gasteiger partial charge in [0.05, 0.1) is 25.2 Å². The predicted molar refractivity (Wildman–Crippen MR) is 159 cm³/mol. The van der Waals surface area contributed by atoms with Crippen LogP contribution in [0, 0.1) is 0 Å². The van der Waals surface area contributed by atoms with Crippen molar-refractivity contribution in [3.63, 3.8) is 0 Å². The summed E-state index contributed by atoms with van der Waals surface area (Å²) < 4.78 is 36.6. The first-order valence-electron chi connectivity index (χ1n) is 12.9. The Kier molecular flexibility index (Phi) is 10.6. The number of rotatable bonds is 14. The number of carbonyl (C=O) groups excluding carboxylic acids is 1. The molecular formula is C29H38N4O7S. The first-order valence-corrected chi connectivity index (χ1v) is 14.8. The van der Waals surface area contributed by atoms with E-state index >= 15 is 0 Å². The van der Waals surface area contributed by atoms with E-state index in [0.717, 1.165) is 12.8 Å². The number of nitrogens with zero attached hydrogens (tertiary/aromatic N) is 1. The van der Waals surface area contributed by atoms with Gasteiger partial charge in [-0.15, -0.1) is 0 Å². The Hall–Kier alpha value is -3.84. The summed E-state index contributed by atoms with van der Waals surface area (Å²) in [4.78, 5) is 15.8. The molecule has 1 unspecified atom stereocenters. The van der Waals surface area contributed by atoms with E-state index < -0.39 is 21.7 Å². The zero-order chi connectivity index (χ0) is 30.2. The van der Waals surface area contributed by atoms with Crippen molar-refractivity contribution in [2.45, 2.75) is 18.6 Å². The maximum atomic E-state index is 13.8. The summed E-state index contributed by atoms with van der Waals surface area (Å²) in [6, 6.07) is 18.2. The number of likely N-dealkylation sites (N-methyl/N-ethyl adjacent to an activating group) is 1. The number of sulfonamides is 1. The third kappa shape index (κ3) is 9.08. The van der Waals surface area contributed by atoms with Crippen molar-refractivity contribution in [1.29, 1.82) is 0 Å². The minimum Gasteiger partial charge on any atom is -0.506 e. The molecule has 222 valence electrons. The van der Waals surface area contributed by atoms with Gasteiger partial charge in [-0.2, -0.15) is 0 Å². The lowest BCUT2D eigenvalue weighted by molar-refractivity contribution is -0.122. The number of nitrogens with one attached hydrogen (secondary N) is 3. The van der Waals surface area contributed by atoms with Crippen LogP contribution in [0.4, 0.5) is 11.4 Å². The Bertz CT molecular complexity index is 1430. The summed E-state index contributed by atoms with van der Waals surface area (Å²) in [7, 11) is 1.81. The van der Waals surface area contributed by atoms with Gasteiger partial charge in [0.1, 0.15) is 29.4 Å². The van der Waals surface area contributed by atoms with Gasteiger partial charge in [0.25, 0.3) is 0 Å². The van der Waals surface area contributed by atoms with Crippen LogP contribution in [0.15, 0.2) is 66.7 Å². The van der Waals surface area contributed by atoms with E-state index in [1.54, 1.807) is 56.5 Å². The van der Waals surface area contributed by atoms with E-state index in [1.807, 2.05) is 25.1 Å². The van der Waals surface area contributed by atoms with Gasteiger partial charge < -0.3 is 29.9 Å². The molecule has 41 heavy (non-hydrogen) atoms. The van der Waals surface area contributed by atoms with Gasteiger partial charge in [-0.05, 0) is 68.5 Å². The van der Waals surface area contributed by atoms with Gasteiger partial charge in [-0.1, -0.05) is 24.3 Å². The van der Waals surface area contributed by atoms with Crippen LogP contribution in [-0.4, -0.2) is 76.6 Å². The normalized spacial score (nSPS) is 13.7. The van der Waals surface area contributed by atoms with Crippen molar-refractivity contribution in [3.8, 4) is 17.2 Å². The number of amides is 1. The van der Waals surface area contributed by atoms with Gasteiger partial charge in [0, 0.05) is 24.8 Å². The quantitative estimate of drug-likeness (QED) is 0.180. The molecule has 11 nitrogen and oxygen atoms in total. The Morgan fingerprint density at radius 1 is 1.05 bits per heavy atom. The standard InChI is InChI=1S/C29H38N4O7S/c1-29(21-10-12-23(39-4)13-11-21,28(36)31-22-7-6-8-24(18-22)40-16-15-33(2)3)30-19-27(35)20-9-14-26(34)25(17-20)32-41(5,37)38/h6-14,17-18,27,30,32,34-35H,15-16,19H2,1-5H3,(H,31,36)/t27-,29?/m1/s1. The molecule has 0 saturated carbocycles. The summed E-state index contributed by atoms with van der Waals surface area (Å²) >= 11 is 0. The molecule has 12 heteroatoms. The highest BCUT2D eigenvalue weighted by Gasteiger charge is 2.36. The van der Waals surface area contributed by atoms with E-state index in [2.05, 4.69) is 15.4 Å². The van der Waals surface area contributed by atoms with Crippen LogP contribution in [-0.2, 0) is 20.4 Å². The number of benzene rings is 3. The molecule has 3 rings (SSSR count). The molecule has 1 amide bonds. The summed E-state index contributed by atoms with van der Waals surface area (Å²) in [5.74, 6) is 0.569. The Morgan fingerprint density at radius 3 is 2.39 bits per heavy atom. The molecule has 0 bridgehead atoms. The predicted octanol–water partition coefficient (Wildman–Crippen LogP) is 2.89. The van der Waals surface area contributed by atoms with Crippen LogP contribution >= 0.6 is 0 Å². The van der Waals surface area contributed by atoms with E-state index in [0.29, 0.717) is 34.9 Å². The minimum absolute atomic E-state index is 0.0626. The molecule has 2 atom stereocenters. The van der Waals surface area contributed by atoms with Crippen molar-refractivity contribution in [2.75, 3.05) is 57.2 Å². The number of hydrogen-bond donors (Lipinski definition) is 5. The number of ether oxygens (including phenoxy) is 2. The van der Waals surface area contributed by atoms with Crippen molar-refractivity contribution >= 4 is 27.3 Å². The van der Waals surface area contributed by atoms with Crippen molar-refractivity contribution in [2.24, 2.45) is 0 Å². The van der Waals surface area contributed by atoms with E-state index in [-0.39, 0.29) is 23.9 Å². The Labute approximate surface area is 241 Å². The Morgan fingerprint density at radius 2 is 1.76 bits per heavy atom. The summed E-state index contributed by atoms with van der Waals surface area (Å²) in [6.45, 7) is 2.85. The maximum absolute atomic E-state index is 13.8. The van der Waals surface area contributed by atoms with Crippen LogP contribution in [0.1, 0.15) is 24.2 Å². The van der Waals surface area contributed by atoms with Crippen molar-refractivity contribution in [1.82, 2.24) is 10.2 Å². The fourth-order valence-electron chi connectivity index (χ4n) is 3.96. The van der Waals surface area contributed by atoms with Crippen LogP contribution in [0.25, 0.3) is 0 Å². The van der Waals surface area contributed by atoms with Crippen LogP contribution < -0.4 is 24.8 Å². The minimum atomic E-state index is -3.65. The lowest BCUT2D eigenvalue weighted by atomic mass is 9.90. The second-order valence-corrected chi connectivity index (χ2v) is 11.8. The molecule has 0 spiro atoms. The number of aliphatic hydroxyl groups is 1. The number of phenols is 1. The van der Waals surface area contributed by atoms with E-state index in [1.165, 1.54) is 18.2 Å². The zero-order valence-corrected chi connectivity index (χ0v) is 24.7. The van der Waals surface area contributed by atoms with Gasteiger partial charge in [0.2, 0.25) is 15.9 Å². The van der Waals surface area contributed by atoms with Crippen molar-refractivity contribution < 1.29 is 32.9 Å². The molecular weight excluding hydrogens is 548 g/mol. The Balaban J connectivity index is 1.83. The molecule has 3 aromatic rings. The molecule has 0 fully saturated rings. The molecule has 0 saturated heterocycles. The lowest BCUT2D eigenvalue weighted by Crippen LogP contribution is -2.50. The monoisotopic (exact) mass is 586 g/mol. The molecule has 3 aromatic carbocycles. The highest BCUT2D eigenvalue weighted by atomic mass is 32.2. The molecule has 0 aromatic heterocycles. The first kappa shape index (κ1) is 31.7. The van der Waals surface area contributed by atoms with E-state index in [9.17, 15) is 23.4 Å². The number of carbonyl (C=O) groups is 1. The molecule has 0 radical (unpaired) electrons. The van der Waals surface area contributed by atoms with Gasteiger partial charge in [-0.3, -0.25) is 14.8 Å². The van der Waals surface area contributed by atoms with Gasteiger partial charge >= 0.3 is 0 Å². The summed E-state index contributed by atoms with van der Waals surface area (Å²) in [5, 5.41) is 27.1. The van der Waals surface area contributed by atoms with Crippen LogP contribution in [0.2, 0.25) is 0 Å². The summed E-state index contributed by atoms with van der Waals surface area (Å²) in [5.41, 5.74) is 0.120. The molecule has 0 heterocycles. The summed E-state index contributed by atoms with van der Waals surface area (Å²) in [6.07, 6.45) is -0.184. The smallest absolute Gasteiger partial charge is 0.249 e. The lowest BCUT2D eigenvalue weighted by Gasteiger charge is -2.31. The number of methoxy groups -OCH3 is 1. The van der Waals surface area contributed by atoms with Crippen LogP contribution in [0.3, 0.4) is 0 Å². The number of hydrogen-bond acceptors (Lipinski definition) is 9. The highest BCUT2D eigenvalue weighted by molar-refractivity contribution is 7.92. The fraction of sp³-hybridized carbons (Fsp3) is 0.345. The average Bonchev–Trinajstić information content (AvgIpc) is 2.92. The first-order chi connectivity index (χ1) is 19.3. The molecule has 0 aliphatic heterocycles. The SMILES string of the molecule is COc1ccc(C(C)(NC[C@@H](O)c2ccc(O)c(NS(C)(=O)=O)c2)C(=O)Nc2cccc(OCCN(C)C)c2)cc1. The van der Waals surface area contributed by atoms with Crippen LogP contribution in [0.5, 0.6) is 17.2 Å². The van der Waals surface area contributed by atoms with Crippen molar-refractivity contribution in [3.05, 3.63) is 77.9 Å². The zero-order valence-electron chi connectivity index (χ0n) is 23.8. The molecule has 0 aliphatic carbocycles. The highest BCUT2D eigenvalue weighted by Crippen LogP contribution is 2.30. The second kappa shape index (κ2) is 13.7. The second-order valence-electron chi connectivity index (χ2n) is 10.0. The van der Waals surface area contributed by atoms with E-state index in [4.69, 9.17) is 9.47 Å². The maximum Gasteiger partial charge on any atom is 0.249 e. The topological polar surface area (TPSA) is 149 Å². The third-order valence-electron chi connectivity index (χ3n) is 6.37. The number of aromatic hydroxyl groups is 1. The largest absolute Gasteiger partial charge is 0.506 e. The molecule has 0 aliphatic rings. The number of aliphatic hydroxyl groups excluding tert-OH is 1. The van der Waals surface area contributed by atoms with Gasteiger partial charge in [0.15, 0.2) is 0 Å². The number of phenolic OH excluding ortho intramolecular Hbond substituents is 1.